The molecule has 1 atom stereocenters. The summed E-state index contributed by atoms with van der Waals surface area (Å²) in [5.74, 6) is -2.54. The number of sulfonamides is 1. The summed E-state index contributed by atoms with van der Waals surface area (Å²) >= 11 is 1.08. The Kier molecular flexibility index (Phi) is 9.54. The van der Waals surface area contributed by atoms with Gasteiger partial charge in [-0.05, 0) is 46.5 Å². The summed E-state index contributed by atoms with van der Waals surface area (Å²) in [6.45, 7) is 3.75. The first-order valence-electron chi connectivity index (χ1n) is 13.5. The number of nitrogens with zero attached hydrogens (tertiary/aromatic N) is 2. The summed E-state index contributed by atoms with van der Waals surface area (Å²) in [6, 6.07) is 18.7. The molecule has 0 radical (unpaired) electrons. The molecule has 1 aliphatic heterocycles. The van der Waals surface area contributed by atoms with Crippen molar-refractivity contribution >= 4 is 47.3 Å². The van der Waals surface area contributed by atoms with Gasteiger partial charge in [0.2, 0.25) is 15.9 Å². The third-order valence-corrected chi connectivity index (χ3v) is 10.9. The smallest absolute Gasteiger partial charge is 0.245 e. The number of aromatic nitrogens is 1. The third kappa shape index (κ3) is 8.22. The van der Waals surface area contributed by atoms with E-state index in [9.17, 15) is 26.0 Å². The fourth-order valence-corrected chi connectivity index (χ4v) is 8.34. The van der Waals surface area contributed by atoms with Crippen molar-refractivity contribution in [1.29, 1.82) is 0 Å². The molecular formula is C29H31FN4O6S3. The number of fused-ring (bicyclic) bond motifs is 1. The van der Waals surface area contributed by atoms with E-state index < -0.39 is 48.3 Å². The van der Waals surface area contributed by atoms with Crippen LogP contribution in [0.15, 0.2) is 66.7 Å². The van der Waals surface area contributed by atoms with Gasteiger partial charge in [-0.15, -0.1) is 11.3 Å². The maximum absolute atomic E-state index is 13.6. The summed E-state index contributed by atoms with van der Waals surface area (Å²) in [5.41, 5.74) is 3.89. The number of benzene rings is 3. The fourth-order valence-electron chi connectivity index (χ4n) is 4.79. The van der Waals surface area contributed by atoms with E-state index in [-0.39, 0.29) is 11.6 Å². The second-order valence-corrected chi connectivity index (χ2v) is 15.2. The van der Waals surface area contributed by atoms with Gasteiger partial charge in [-0.25, -0.2) is 31.3 Å². The van der Waals surface area contributed by atoms with Crippen molar-refractivity contribution < 1.29 is 30.8 Å². The van der Waals surface area contributed by atoms with Gasteiger partial charge in [0.15, 0.2) is 15.1 Å². The van der Waals surface area contributed by atoms with Gasteiger partial charge in [0, 0.05) is 26.2 Å². The number of hydrogen-bond donors (Lipinski definition) is 2. The molecule has 0 bridgehead atoms. The number of primary sulfonamides is 1. The Labute approximate surface area is 253 Å². The molecule has 1 aliphatic rings. The zero-order valence-electron chi connectivity index (χ0n) is 23.1. The number of halogens is 1. The first-order chi connectivity index (χ1) is 20.5. The van der Waals surface area contributed by atoms with Gasteiger partial charge >= 0.3 is 0 Å². The molecule has 228 valence electrons. The van der Waals surface area contributed by atoms with E-state index in [0.717, 1.165) is 67.4 Å². The lowest BCUT2D eigenvalue weighted by atomic mass is 10.0. The Morgan fingerprint density at radius 2 is 1.63 bits per heavy atom. The number of hydrogen-bond acceptors (Lipinski definition) is 9. The van der Waals surface area contributed by atoms with Gasteiger partial charge in [-0.1, -0.05) is 42.5 Å². The van der Waals surface area contributed by atoms with Crippen molar-refractivity contribution in [3.8, 4) is 11.1 Å². The molecule has 14 heteroatoms. The van der Waals surface area contributed by atoms with Crippen molar-refractivity contribution in [1.82, 2.24) is 15.2 Å². The Morgan fingerprint density at radius 3 is 2.30 bits per heavy atom. The van der Waals surface area contributed by atoms with Gasteiger partial charge in [0.1, 0.15) is 10.8 Å². The molecule has 0 saturated carbocycles. The van der Waals surface area contributed by atoms with Crippen molar-refractivity contribution in [2.45, 2.75) is 17.5 Å². The highest BCUT2D eigenvalue weighted by molar-refractivity contribution is 7.91. The molecule has 0 aliphatic carbocycles. The molecule has 3 aromatic carbocycles. The van der Waals surface area contributed by atoms with E-state index in [0.29, 0.717) is 15.8 Å². The molecule has 2 heterocycles. The number of rotatable bonds is 11. The van der Waals surface area contributed by atoms with Gasteiger partial charge in [0.25, 0.3) is 0 Å². The minimum Gasteiger partial charge on any atom is -0.379 e. The minimum atomic E-state index is -4.21. The van der Waals surface area contributed by atoms with Crippen molar-refractivity contribution in [3.63, 3.8) is 0 Å². The molecule has 0 spiro atoms. The average Bonchev–Trinajstić information content (AvgIpc) is 3.37. The number of carbonyl (C=O) groups excluding carboxylic acids is 1. The predicted octanol–water partition coefficient (Wildman–Crippen LogP) is 3.00. The minimum absolute atomic E-state index is 0.0447. The van der Waals surface area contributed by atoms with E-state index in [2.05, 4.69) is 27.3 Å². The molecule has 43 heavy (non-hydrogen) atoms. The fraction of sp³-hybridized carbons (Fsp3) is 0.310. The van der Waals surface area contributed by atoms with Crippen LogP contribution in [0.2, 0.25) is 0 Å². The molecule has 4 aromatic rings. The van der Waals surface area contributed by atoms with E-state index >= 15 is 0 Å². The first-order valence-corrected chi connectivity index (χ1v) is 17.8. The highest BCUT2D eigenvalue weighted by Crippen LogP contribution is 2.35. The van der Waals surface area contributed by atoms with Gasteiger partial charge in [-0.3, -0.25) is 9.69 Å². The van der Waals surface area contributed by atoms with Gasteiger partial charge < -0.3 is 10.1 Å². The topological polar surface area (TPSA) is 149 Å². The number of morpholine rings is 1. The molecule has 1 saturated heterocycles. The highest BCUT2D eigenvalue weighted by Gasteiger charge is 2.37. The van der Waals surface area contributed by atoms with Crippen molar-refractivity contribution in [2.75, 3.05) is 38.6 Å². The number of sulfone groups is 1. The number of ether oxygens (including phenoxy) is 1. The average molecular weight is 647 g/mol. The lowest BCUT2D eigenvalue weighted by molar-refractivity contribution is -0.120. The lowest BCUT2D eigenvalue weighted by Crippen LogP contribution is -2.37. The monoisotopic (exact) mass is 646 g/mol. The number of thiazole rings is 1. The van der Waals surface area contributed by atoms with Gasteiger partial charge in [-0.2, -0.15) is 0 Å². The maximum atomic E-state index is 13.6. The normalized spacial score (nSPS) is 15.4. The van der Waals surface area contributed by atoms with E-state index in [1.165, 1.54) is 17.7 Å². The summed E-state index contributed by atoms with van der Waals surface area (Å²) in [6.07, 6.45) is 0. The van der Waals surface area contributed by atoms with Crippen LogP contribution in [-0.4, -0.2) is 71.2 Å². The molecule has 1 aromatic heterocycles. The van der Waals surface area contributed by atoms with E-state index in [4.69, 9.17) is 9.88 Å². The zero-order chi connectivity index (χ0) is 30.6. The van der Waals surface area contributed by atoms with Crippen molar-refractivity contribution in [3.05, 3.63) is 88.7 Å². The number of carbonyl (C=O) groups is 1. The van der Waals surface area contributed by atoms with Crippen LogP contribution in [0.25, 0.3) is 21.3 Å². The van der Waals surface area contributed by atoms with E-state index in [1.54, 1.807) is 6.07 Å². The summed E-state index contributed by atoms with van der Waals surface area (Å²) < 4.78 is 69.4. The maximum Gasteiger partial charge on any atom is 0.245 e. The molecule has 1 amide bonds. The standard InChI is InChI=1S/C29H31FN4O6S3/c30-24-8-3-21(4-9-24)19-42(36,37)27(28(35)32-11-16-43(31,38)39)29-33-25-10-7-23(17-26(25)41-29)22-5-1-20(2-6-22)18-34-12-14-40-15-13-34/h1-10,17,27H,11-16,18-19H2,(H,32,35)(H2,31,38,39). The van der Waals surface area contributed by atoms with Crippen LogP contribution < -0.4 is 10.5 Å². The quantitative estimate of drug-likeness (QED) is 0.253. The van der Waals surface area contributed by atoms with Crippen LogP contribution in [0, 0.1) is 5.82 Å². The van der Waals surface area contributed by atoms with Gasteiger partial charge in [0.05, 0.1) is 34.9 Å². The number of nitrogens with one attached hydrogen (secondary N) is 1. The Balaban J connectivity index is 1.41. The summed E-state index contributed by atoms with van der Waals surface area (Å²) in [7, 11) is -8.09. The molecular weight excluding hydrogens is 616 g/mol. The summed E-state index contributed by atoms with van der Waals surface area (Å²) in [5, 5.41) is 5.74. The second-order valence-electron chi connectivity index (χ2n) is 10.3. The van der Waals surface area contributed by atoms with E-state index in [1.807, 2.05) is 24.3 Å². The molecule has 1 unspecified atom stereocenters. The lowest BCUT2D eigenvalue weighted by Gasteiger charge is -2.26. The molecule has 3 N–H and O–H groups in total. The largest absolute Gasteiger partial charge is 0.379 e. The van der Waals surface area contributed by atoms with Crippen LogP contribution >= 0.6 is 11.3 Å². The first kappa shape index (κ1) is 31.2. The molecule has 5 rings (SSSR count). The number of nitrogens with two attached hydrogens (primary N) is 1. The van der Waals surface area contributed by atoms with Crippen molar-refractivity contribution in [2.24, 2.45) is 5.14 Å². The van der Waals surface area contributed by atoms with Crippen LogP contribution in [-0.2, 0) is 41.7 Å². The molecule has 10 nitrogen and oxygen atoms in total. The molecule has 1 fully saturated rings. The number of amides is 1. The van der Waals surface area contributed by atoms with Crippen LogP contribution in [0.5, 0.6) is 0 Å². The van der Waals surface area contributed by atoms with Crippen LogP contribution in [0.1, 0.15) is 21.4 Å². The Morgan fingerprint density at radius 1 is 0.977 bits per heavy atom. The SMILES string of the molecule is NS(=O)(=O)CCNC(=O)C(c1nc2ccc(-c3ccc(CN4CCOCC4)cc3)cc2s1)S(=O)(=O)Cc1ccc(F)cc1. The second kappa shape index (κ2) is 13.2. The highest BCUT2D eigenvalue weighted by atomic mass is 32.2. The van der Waals surface area contributed by atoms with Crippen LogP contribution in [0.3, 0.4) is 0 Å². The Hall–Kier alpha value is -3.27. The predicted molar refractivity (Wildman–Crippen MR) is 164 cm³/mol. The third-order valence-electron chi connectivity index (χ3n) is 6.99. The van der Waals surface area contributed by atoms with Crippen LogP contribution in [0.4, 0.5) is 4.39 Å². The zero-order valence-corrected chi connectivity index (χ0v) is 25.6. The Bertz CT molecular complexity index is 1810. The summed E-state index contributed by atoms with van der Waals surface area (Å²) in [4.78, 5) is 20.1.